The molecule has 0 radical (unpaired) electrons. The van der Waals surface area contributed by atoms with Crippen molar-refractivity contribution in [3.63, 3.8) is 0 Å². The Kier molecular flexibility index (Phi) is 7.07. The number of carbonyl (C=O) groups is 1. The Balaban J connectivity index is 1.60. The van der Waals surface area contributed by atoms with Crippen LogP contribution in [0.4, 0.5) is 0 Å². The molecule has 0 aromatic heterocycles. The van der Waals surface area contributed by atoms with Gasteiger partial charge in [0.15, 0.2) is 5.78 Å². The third kappa shape index (κ3) is 4.64. The van der Waals surface area contributed by atoms with Crippen molar-refractivity contribution in [3.05, 3.63) is 78.4 Å². The standard InChI is InChI=1S/C27H31NO3S/c1-2-3-4-5-6-10-20-25(29)27-26(24-19-13-15-21-14-11-12-18-23(21)24)28(27)32(30,31)22-16-8-7-9-17-22/h7-9,11-19,26-27H,2-6,10,20H2,1H3. The van der Waals surface area contributed by atoms with Crippen LogP contribution in [0.1, 0.15) is 63.5 Å². The average molecular weight is 450 g/mol. The fourth-order valence-electron chi connectivity index (χ4n) is 4.59. The molecule has 32 heavy (non-hydrogen) atoms. The van der Waals surface area contributed by atoms with E-state index in [-0.39, 0.29) is 10.7 Å². The Morgan fingerprint density at radius 3 is 2.25 bits per heavy atom. The molecule has 3 aromatic carbocycles. The summed E-state index contributed by atoms with van der Waals surface area (Å²) >= 11 is 0. The number of carbonyl (C=O) groups excluding carboxylic acids is 1. The maximum absolute atomic E-state index is 13.5. The fraction of sp³-hybridized carbons (Fsp3) is 0.370. The second-order valence-electron chi connectivity index (χ2n) is 8.59. The largest absolute Gasteiger partial charge is 0.298 e. The van der Waals surface area contributed by atoms with Crippen molar-refractivity contribution in [2.45, 2.75) is 68.8 Å². The average Bonchev–Trinajstić information content (AvgIpc) is 3.58. The summed E-state index contributed by atoms with van der Waals surface area (Å²) < 4.78 is 28.3. The van der Waals surface area contributed by atoms with Gasteiger partial charge in [0.2, 0.25) is 10.0 Å². The van der Waals surface area contributed by atoms with Gasteiger partial charge in [-0.2, -0.15) is 4.31 Å². The van der Waals surface area contributed by atoms with E-state index in [0.717, 1.165) is 35.6 Å². The molecule has 1 aliphatic rings. The van der Waals surface area contributed by atoms with E-state index in [4.69, 9.17) is 0 Å². The van der Waals surface area contributed by atoms with Crippen LogP contribution in [0.25, 0.3) is 10.8 Å². The summed E-state index contributed by atoms with van der Waals surface area (Å²) in [5, 5.41) is 2.05. The highest BCUT2D eigenvalue weighted by Gasteiger charge is 2.59. The van der Waals surface area contributed by atoms with Gasteiger partial charge in [0.05, 0.1) is 10.9 Å². The summed E-state index contributed by atoms with van der Waals surface area (Å²) in [6, 6.07) is 21.2. The smallest absolute Gasteiger partial charge is 0.244 e. The summed E-state index contributed by atoms with van der Waals surface area (Å²) in [7, 11) is -3.76. The maximum Gasteiger partial charge on any atom is 0.244 e. The third-order valence-corrected chi connectivity index (χ3v) is 8.20. The molecule has 168 valence electrons. The number of hydrogen-bond acceptors (Lipinski definition) is 3. The number of Topliss-reactive ketones (excluding diaryl/α,β-unsaturated/α-hetero) is 1. The molecule has 5 heteroatoms. The molecule has 1 saturated heterocycles. The van der Waals surface area contributed by atoms with Gasteiger partial charge in [-0.05, 0) is 34.9 Å². The van der Waals surface area contributed by atoms with E-state index in [2.05, 4.69) is 6.92 Å². The predicted molar refractivity (Wildman–Crippen MR) is 129 cm³/mol. The van der Waals surface area contributed by atoms with Crippen molar-refractivity contribution < 1.29 is 13.2 Å². The van der Waals surface area contributed by atoms with Crippen molar-refractivity contribution in [3.8, 4) is 0 Å². The Hall–Kier alpha value is -2.50. The Morgan fingerprint density at radius 2 is 1.47 bits per heavy atom. The molecule has 1 aliphatic heterocycles. The number of sulfonamides is 1. The molecule has 0 saturated carbocycles. The van der Waals surface area contributed by atoms with E-state index in [1.165, 1.54) is 23.6 Å². The zero-order valence-electron chi connectivity index (χ0n) is 18.6. The highest BCUT2D eigenvalue weighted by molar-refractivity contribution is 7.89. The molecule has 1 fully saturated rings. The number of unbranched alkanes of at least 4 members (excludes halogenated alkanes) is 5. The minimum atomic E-state index is -3.76. The molecule has 0 bridgehead atoms. The molecular formula is C27H31NO3S. The van der Waals surface area contributed by atoms with E-state index in [0.29, 0.717) is 6.42 Å². The van der Waals surface area contributed by atoms with Gasteiger partial charge in [-0.25, -0.2) is 8.42 Å². The number of hydrogen-bond donors (Lipinski definition) is 0. The Bertz CT molecular complexity index is 1170. The van der Waals surface area contributed by atoms with E-state index >= 15 is 0 Å². The number of ketones is 1. The molecule has 1 heterocycles. The van der Waals surface area contributed by atoms with Crippen LogP contribution in [-0.4, -0.2) is 24.5 Å². The van der Waals surface area contributed by atoms with Crippen LogP contribution in [0, 0.1) is 0 Å². The Morgan fingerprint density at radius 1 is 0.812 bits per heavy atom. The van der Waals surface area contributed by atoms with E-state index in [1.807, 2.05) is 42.5 Å². The van der Waals surface area contributed by atoms with Crippen LogP contribution < -0.4 is 0 Å². The molecule has 0 aliphatic carbocycles. The topological polar surface area (TPSA) is 54.2 Å². The van der Waals surface area contributed by atoms with Crippen LogP contribution in [0.15, 0.2) is 77.7 Å². The fourth-order valence-corrected chi connectivity index (χ4v) is 6.34. The number of fused-ring (bicyclic) bond motifs is 1. The first kappa shape index (κ1) is 22.7. The lowest BCUT2D eigenvalue weighted by molar-refractivity contribution is -0.119. The third-order valence-electron chi connectivity index (χ3n) is 6.32. The zero-order chi connectivity index (χ0) is 22.6. The lowest BCUT2D eigenvalue weighted by Crippen LogP contribution is -2.19. The van der Waals surface area contributed by atoms with E-state index in [9.17, 15) is 13.2 Å². The molecule has 4 nitrogen and oxygen atoms in total. The van der Waals surface area contributed by atoms with Gasteiger partial charge in [-0.1, -0.05) is 99.7 Å². The zero-order valence-corrected chi connectivity index (χ0v) is 19.4. The summed E-state index contributed by atoms with van der Waals surface area (Å²) in [6.07, 6.45) is 7.01. The number of nitrogens with zero attached hydrogens (tertiary/aromatic N) is 1. The number of benzene rings is 3. The molecule has 3 atom stereocenters. The molecular weight excluding hydrogens is 418 g/mol. The predicted octanol–water partition coefficient (Wildman–Crippen LogP) is 6.27. The van der Waals surface area contributed by atoms with E-state index in [1.54, 1.807) is 30.3 Å². The van der Waals surface area contributed by atoms with Crippen LogP contribution in [0.2, 0.25) is 0 Å². The summed E-state index contributed by atoms with van der Waals surface area (Å²) in [6.45, 7) is 2.19. The lowest BCUT2D eigenvalue weighted by Gasteiger charge is -2.08. The van der Waals surface area contributed by atoms with Crippen molar-refractivity contribution in [2.24, 2.45) is 0 Å². The summed E-state index contributed by atoms with van der Waals surface area (Å²) in [4.78, 5) is 13.4. The summed E-state index contributed by atoms with van der Waals surface area (Å²) in [5.41, 5.74) is 0.906. The second kappa shape index (κ2) is 9.97. The Labute approximate surface area is 191 Å². The van der Waals surface area contributed by atoms with Gasteiger partial charge in [0.1, 0.15) is 6.04 Å². The normalized spacial score (nSPS) is 20.3. The van der Waals surface area contributed by atoms with Crippen molar-refractivity contribution in [2.75, 3.05) is 0 Å². The van der Waals surface area contributed by atoms with Crippen molar-refractivity contribution in [1.29, 1.82) is 0 Å². The molecule has 0 spiro atoms. The highest BCUT2D eigenvalue weighted by atomic mass is 32.2. The van der Waals surface area contributed by atoms with E-state index < -0.39 is 22.1 Å². The highest BCUT2D eigenvalue weighted by Crippen LogP contribution is 2.50. The second-order valence-corrected chi connectivity index (χ2v) is 10.4. The van der Waals surface area contributed by atoms with Crippen molar-refractivity contribution >= 4 is 26.6 Å². The molecule has 0 amide bonds. The van der Waals surface area contributed by atoms with Gasteiger partial charge >= 0.3 is 0 Å². The summed E-state index contributed by atoms with van der Waals surface area (Å²) in [5.74, 6) is 0.0259. The van der Waals surface area contributed by atoms with Crippen molar-refractivity contribution in [1.82, 2.24) is 4.31 Å². The molecule has 4 rings (SSSR count). The van der Waals surface area contributed by atoms with Crippen LogP contribution in [0.3, 0.4) is 0 Å². The SMILES string of the molecule is CCCCCCCCC(=O)C1C(c2cccc3ccccc23)N1S(=O)(=O)c1ccccc1. The number of rotatable bonds is 11. The first-order valence-electron chi connectivity index (χ1n) is 11.6. The van der Waals surface area contributed by atoms with Crippen LogP contribution in [0.5, 0.6) is 0 Å². The first-order chi connectivity index (χ1) is 15.6. The van der Waals surface area contributed by atoms with Crippen LogP contribution >= 0.6 is 0 Å². The molecule has 3 unspecified atom stereocenters. The quantitative estimate of drug-likeness (QED) is 0.256. The van der Waals surface area contributed by atoms with Gasteiger partial charge in [-0.3, -0.25) is 4.79 Å². The lowest BCUT2D eigenvalue weighted by atomic mass is 9.98. The first-order valence-corrected chi connectivity index (χ1v) is 13.1. The minimum Gasteiger partial charge on any atom is -0.298 e. The minimum absolute atomic E-state index is 0.0259. The molecule has 3 aromatic rings. The van der Waals surface area contributed by atoms with Gasteiger partial charge in [0, 0.05) is 6.42 Å². The van der Waals surface area contributed by atoms with Gasteiger partial charge in [0.25, 0.3) is 0 Å². The van der Waals surface area contributed by atoms with Gasteiger partial charge < -0.3 is 0 Å². The monoisotopic (exact) mass is 449 g/mol. The maximum atomic E-state index is 13.5. The molecule has 0 N–H and O–H groups in total. The van der Waals surface area contributed by atoms with Gasteiger partial charge in [-0.15, -0.1) is 0 Å². The van der Waals surface area contributed by atoms with Crippen LogP contribution in [-0.2, 0) is 14.8 Å².